The van der Waals surface area contributed by atoms with Crippen molar-refractivity contribution < 1.29 is 0 Å². The van der Waals surface area contributed by atoms with E-state index in [1.807, 2.05) is 0 Å². The lowest BCUT2D eigenvalue weighted by Crippen LogP contribution is -2.02. The molecule has 0 aliphatic carbocycles. The third-order valence-corrected chi connectivity index (χ3v) is 12.3. The second kappa shape index (κ2) is 17.9. The topological polar surface area (TPSA) is 38.7 Å². The molecule has 0 N–H and O–H groups in total. The van der Waals surface area contributed by atoms with E-state index in [-0.39, 0.29) is 0 Å². The van der Waals surface area contributed by atoms with Gasteiger partial charge in [0.2, 0.25) is 0 Å². The molecule has 318 valence electrons. The third kappa shape index (κ3) is 9.16. The van der Waals surface area contributed by atoms with Gasteiger partial charge >= 0.3 is 0 Å². The molecule has 9 aromatic carbocycles. The Balaban J connectivity index is 1.26. The van der Waals surface area contributed by atoms with Gasteiger partial charge in [0.15, 0.2) is 17.5 Å². The van der Waals surface area contributed by atoms with Crippen molar-refractivity contribution in [3.63, 3.8) is 0 Å². The van der Waals surface area contributed by atoms with E-state index < -0.39 is 0 Å². The standard InChI is InChI=1S/C63H51N3/c1-40-13-7-19-46(25-40)52-31-53(47-20-8-14-41(2)26-47)35-58(34-52)61-64-62(59-36-54(48-21-9-15-42(3)27-48)32-55(37-59)49-22-10-16-43(4)28-49)66-63(65-61)60-38-56(50-23-11-17-44(5)29-50)33-57(39-60)51-24-12-18-45(6)30-51/h7-39H,1-6H3. The van der Waals surface area contributed by atoms with Gasteiger partial charge in [0.05, 0.1) is 0 Å². The number of aryl methyl sites for hydroxylation is 6. The monoisotopic (exact) mass is 849 g/mol. The zero-order chi connectivity index (χ0) is 45.3. The summed E-state index contributed by atoms with van der Waals surface area (Å²) in [7, 11) is 0. The van der Waals surface area contributed by atoms with Gasteiger partial charge in [0.25, 0.3) is 0 Å². The molecule has 1 aromatic heterocycles. The van der Waals surface area contributed by atoms with Crippen LogP contribution in [0.1, 0.15) is 33.4 Å². The van der Waals surface area contributed by atoms with Crippen LogP contribution in [0.15, 0.2) is 200 Å². The molecule has 0 unspecified atom stereocenters. The fourth-order valence-corrected chi connectivity index (χ4v) is 8.98. The van der Waals surface area contributed by atoms with Gasteiger partial charge in [-0.15, -0.1) is 0 Å². The highest BCUT2D eigenvalue weighted by atomic mass is 15.0. The largest absolute Gasteiger partial charge is 0.208 e. The number of hydrogen-bond acceptors (Lipinski definition) is 3. The van der Waals surface area contributed by atoms with Crippen LogP contribution in [0.4, 0.5) is 0 Å². The van der Waals surface area contributed by atoms with Crippen LogP contribution in [-0.2, 0) is 0 Å². The van der Waals surface area contributed by atoms with Gasteiger partial charge in [-0.2, -0.15) is 0 Å². The summed E-state index contributed by atoms with van der Waals surface area (Å²) in [6.45, 7) is 12.9. The van der Waals surface area contributed by atoms with Crippen molar-refractivity contribution in [2.75, 3.05) is 0 Å². The molecule has 1 heterocycles. The molecule has 0 bridgehead atoms. The Morgan fingerprint density at radius 3 is 0.515 bits per heavy atom. The van der Waals surface area contributed by atoms with Crippen LogP contribution >= 0.6 is 0 Å². The Kier molecular flexibility index (Phi) is 11.4. The minimum atomic E-state index is 0.606. The van der Waals surface area contributed by atoms with Crippen LogP contribution in [0.5, 0.6) is 0 Å². The maximum absolute atomic E-state index is 5.47. The minimum absolute atomic E-state index is 0.606. The SMILES string of the molecule is Cc1cccc(-c2cc(-c3cccc(C)c3)cc(-c3nc(-c4cc(-c5cccc(C)c5)cc(-c5cccc(C)c5)c4)nc(-c4cc(-c5cccc(C)c5)cc(-c5cccc(C)c5)c4)n3)c2)c1. The van der Waals surface area contributed by atoms with Gasteiger partial charge in [-0.25, -0.2) is 15.0 Å². The van der Waals surface area contributed by atoms with Crippen molar-refractivity contribution in [1.82, 2.24) is 15.0 Å². The molecule has 0 fully saturated rings. The number of benzene rings is 9. The Morgan fingerprint density at radius 1 is 0.182 bits per heavy atom. The summed E-state index contributed by atoms with van der Waals surface area (Å²) in [5.41, 5.74) is 23.4. The number of rotatable bonds is 9. The normalized spacial score (nSPS) is 11.2. The van der Waals surface area contributed by atoms with Crippen LogP contribution in [0.25, 0.3) is 101 Å². The maximum atomic E-state index is 5.47. The molecule has 0 saturated heterocycles. The first-order valence-corrected chi connectivity index (χ1v) is 22.7. The Hall–Kier alpha value is -8.01. The predicted molar refractivity (Wildman–Crippen MR) is 277 cm³/mol. The highest BCUT2D eigenvalue weighted by Crippen LogP contribution is 2.38. The van der Waals surface area contributed by atoms with Gasteiger partial charge in [-0.3, -0.25) is 0 Å². The third-order valence-electron chi connectivity index (χ3n) is 12.3. The lowest BCUT2D eigenvalue weighted by molar-refractivity contribution is 1.07. The van der Waals surface area contributed by atoms with E-state index in [0.717, 1.165) is 83.5 Å². The van der Waals surface area contributed by atoms with Crippen LogP contribution in [0.2, 0.25) is 0 Å². The molecule has 0 aliphatic heterocycles. The summed E-state index contributed by atoms with van der Waals surface area (Å²) in [6, 6.07) is 72.5. The van der Waals surface area contributed by atoms with Crippen LogP contribution in [0.3, 0.4) is 0 Å². The summed E-state index contributed by atoms with van der Waals surface area (Å²) < 4.78 is 0. The zero-order valence-corrected chi connectivity index (χ0v) is 38.4. The molecular weight excluding hydrogens is 799 g/mol. The fourth-order valence-electron chi connectivity index (χ4n) is 8.98. The van der Waals surface area contributed by atoms with Crippen molar-refractivity contribution in [1.29, 1.82) is 0 Å². The van der Waals surface area contributed by atoms with E-state index in [9.17, 15) is 0 Å². The summed E-state index contributed by atoms with van der Waals surface area (Å²) >= 11 is 0. The highest BCUT2D eigenvalue weighted by molar-refractivity contribution is 5.85. The predicted octanol–water partition coefficient (Wildman–Crippen LogP) is 16.7. The van der Waals surface area contributed by atoms with E-state index >= 15 is 0 Å². The molecule has 0 aliphatic rings. The van der Waals surface area contributed by atoms with Crippen LogP contribution in [0, 0.1) is 41.5 Å². The molecule has 3 nitrogen and oxygen atoms in total. The molecule has 10 aromatic rings. The molecule has 0 saturated carbocycles. The first kappa shape index (κ1) is 42.0. The lowest BCUT2D eigenvalue weighted by atomic mass is 9.93. The van der Waals surface area contributed by atoms with Crippen LogP contribution in [-0.4, -0.2) is 15.0 Å². The van der Waals surface area contributed by atoms with E-state index in [0.29, 0.717) is 17.5 Å². The van der Waals surface area contributed by atoms with Gasteiger partial charge < -0.3 is 0 Å². The summed E-state index contributed by atoms with van der Waals surface area (Å²) in [5, 5.41) is 0. The summed E-state index contributed by atoms with van der Waals surface area (Å²) in [6.07, 6.45) is 0. The zero-order valence-electron chi connectivity index (χ0n) is 38.4. The van der Waals surface area contributed by atoms with Gasteiger partial charge in [-0.1, -0.05) is 179 Å². The molecule has 10 rings (SSSR count). The molecule has 0 radical (unpaired) electrons. The fraction of sp³-hybridized carbons (Fsp3) is 0.0952. The Labute approximate surface area is 389 Å². The molecule has 0 spiro atoms. The van der Waals surface area contributed by atoms with Crippen molar-refractivity contribution in [2.45, 2.75) is 41.5 Å². The lowest BCUT2D eigenvalue weighted by Gasteiger charge is -2.15. The molecule has 3 heteroatoms. The minimum Gasteiger partial charge on any atom is -0.208 e. The molecule has 0 amide bonds. The van der Waals surface area contributed by atoms with E-state index in [1.165, 1.54) is 33.4 Å². The van der Waals surface area contributed by atoms with E-state index in [2.05, 4.69) is 242 Å². The molecule has 0 atom stereocenters. The van der Waals surface area contributed by atoms with Crippen molar-refractivity contribution >= 4 is 0 Å². The molecule has 66 heavy (non-hydrogen) atoms. The van der Waals surface area contributed by atoms with Gasteiger partial charge in [0, 0.05) is 16.7 Å². The number of nitrogens with zero attached hydrogens (tertiary/aromatic N) is 3. The number of aromatic nitrogens is 3. The highest BCUT2D eigenvalue weighted by Gasteiger charge is 2.19. The maximum Gasteiger partial charge on any atom is 0.164 e. The number of hydrogen-bond donors (Lipinski definition) is 0. The molecular formula is C63H51N3. The average molecular weight is 850 g/mol. The smallest absolute Gasteiger partial charge is 0.164 e. The second-order valence-electron chi connectivity index (χ2n) is 17.9. The quantitative estimate of drug-likeness (QED) is 0.145. The van der Waals surface area contributed by atoms with Gasteiger partial charge in [0.1, 0.15) is 0 Å². The van der Waals surface area contributed by atoms with Gasteiger partial charge in [-0.05, 0) is 163 Å². The average Bonchev–Trinajstić information content (AvgIpc) is 3.33. The first-order chi connectivity index (χ1) is 32.1. The van der Waals surface area contributed by atoms with Crippen molar-refractivity contribution in [3.05, 3.63) is 234 Å². The van der Waals surface area contributed by atoms with E-state index in [1.54, 1.807) is 0 Å². The van der Waals surface area contributed by atoms with Crippen molar-refractivity contribution in [3.8, 4) is 101 Å². The van der Waals surface area contributed by atoms with E-state index in [4.69, 9.17) is 15.0 Å². The second-order valence-corrected chi connectivity index (χ2v) is 17.9. The van der Waals surface area contributed by atoms with Crippen molar-refractivity contribution in [2.24, 2.45) is 0 Å². The first-order valence-electron chi connectivity index (χ1n) is 22.7. The Bertz CT molecular complexity index is 2880. The van der Waals surface area contributed by atoms with Crippen LogP contribution < -0.4 is 0 Å². The summed E-state index contributed by atoms with van der Waals surface area (Å²) in [5.74, 6) is 1.82. The Morgan fingerprint density at radius 2 is 0.348 bits per heavy atom. The summed E-state index contributed by atoms with van der Waals surface area (Å²) in [4.78, 5) is 16.4.